The van der Waals surface area contributed by atoms with Crippen LogP contribution >= 0.6 is 11.6 Å². The lowest BCUT2D eigenvalue weighted by Crippen LogP contribution is -2.29. The topological polar surface area (TPSA) is 25.2 Å². The van der Waals surface area contributed by atoms with Crippen molar-refractivity contribution in [3.63, 3.8) is 0 Å². The molecule has 1 amide bonds. The molecule has 0 N–H and O–H groups in total. The van der Waals surface area contributed by atoms with Gasteiger partial charge in [-0.1, -0.05) is 90.5 Å². The summed E-state index contributed by atoms with van der Waals surface area (Å²) in [4.78, 5) is 15.0. The summed E-state index contributed by atoms with van der Waals surface area (Å²) in [6, 6.07) is 31.9. The van der Waals surface area contributed by atoms with Crippen LogP contribution in [0.5, 0.6) is 0 Å². The van der Waals surface area contributed by atoms with Crippen molar-refractivity contribution in [3.05, 3.63) is 137 Å². The lowest BCUT2D eigenvalue weighted by molar-refractivity contribution is -0.127. The third kappa shape index (κ3) is 5.77. The minimum atomic E-state index is -0.0248. The molecule has 0 radical (unpaired) electrons. The van der Waals surface area contributed by atoms with Crippen molar-refractivity contribution in [2.24, 2.45) is 0 Å². The minimum Gasteiger partial charge on any atom is -0.345 e. The van der Waals surface area contributed by atoms with Crippen molar-refractivity contribution in [2.45, 2.75) is 19.6 Å². The van der Waals surface area contributed by atoms with Crippen LogP contribution in [-0.4, -0.2) is 15.4 Å². The Morgan fingerprint density at radius 1 is 0.812 bits per heavy atom. The monoisotopic (exact) mass is 440 g/mol. The van der Waals surface area contributed by atoms with Gasteiger partial charge in [-0.05, 0) is 41.0 Å². The quantitative estimate of drug-likeness (QED) is 0.290. The molecule has 0 saturated carbocycles. The van der Waals surface area contributed by atoms with E-state index in [1.807, 2.05) is 108 Å². The van der Waals surface area contributed by atoms with Crippen molar-refractivity contribution in [1.82, 2.24) is 9.47 Å². The molecule has 0 aliphatic rings. The molecule has 0 bridgehead atoms. The number of benzene rings is 3. The van der Waals surface area contributed by atoms with Crippen molar-refractivity contribution in [3.8, 4) is 0 Å². The molecule has 1 heterocycles. The predicted octanol–water partition coefficient (Wildman–Crippen LogP) is 6.43. The summed E-state index contributed by atoms with van der Waals surface area (Å²) in [5, 5.41) is 0.746. The van der Waals surface area contributed by atoms with E-state index in [9.17, 15) is 4.79 Å². The summed E-state index contributed by atoms with van der Waals surface area (Å²) in [7, 11) is 0. The first-order chi connectivity index (χ1) is 15.7. The Morgan fingerprint density at radius 3 is 2.25 bits per heavy atom. The van der Waals surface area contributed by atoms with E-state index < -0.39 is 0 Å². The first-order valence-electron chi connectivity index (χ1n) is 10.6. The molecule has 32 heavy (non-hydrogen) atoms. The third-order valence-electron chi connectivity index (χ3n) is 5.32. The molecule has 0 aliphatic carbocycles. The number of nitrogens with zero attached hydrogens (tertiary/aromatic N) is 2. The third-order valence-corrected chi connectivity index (χ3v) is 5.69. The zero-order valence-corrected chi connectivity index (χ0v) is 18.5. The van der Waals surface area contributed by atoms with Crippen molar-refractivity contribution in [1.29, 1.82) is 0 Å². The van der Waals surface area contributed by atoms with Crippen LogP contribution in [0.3, 0.4) is 0 Å². The molecule has 4 heteroatoms. The van der Waals surface area contributed by atoms with Crippen molar-refractivity contribution < 1.29 is 4.79 Å². The molecule has 0 spiro atoms. The average Bonchev–Trinajstić information content (AvgIpc) is 3.26. The Hall–Kier alpha value is -3.56. The van der Waals surface area contributed by atoms with Gasteiger partial charge in [0.15, 0.2) is 0 Å². The van der Waals surface area contributed by atoms with Gasteiger partial charge < -0.3 is 9.47 Å². The Labute approximate surface area is 194 Å². The highest BCUT2D eigenvalue weighted by Gasteiger charge is 2.15. The summed E-state index contributed by atoms with van der Waals surface area (Å²) in [5.74, 6) is -0.0248. The molecule has 4 aromatic rings. The second-order valence-electron chi connectivity index (χ2n) is 7.64. The van der Waals surface area contributed by atoms with E-state index in [2.05, 4.69) is 10.6 Å². The number of hydrogen-bond donors (Lipinski definition) is 0. The van der Waals surface area contributed by atoms with E-state index in [1.165, 1.54) is 0 Å². The Bertz CT molecular complexity index is 1180. The van der Waals surface area contributed by atoms with Crippen LogP contribution in [0, 0.1) is 0 Å². The van der Waals surface area contributed by atoms with Crippen LogP contribution in [0.4, 0.5) is 0 Å². The normalized spacial score (nSPS) is 11.0. The largest absolute Gasteiger partial charge is 0.345 e. The van der Waals surface area contributed by atoms with Gasteiger partial charge in [0.25, 0.3) is 0 Å². The molecule has 3 nitrogen and oxygen atoms in total. The van der Waals surface area contributed by atoms with Crippen molar-refractivity contribution >= 4 is 23.6 Å². The van der Waals surface area contributed by atoms with Gasteiger partial charge in [0, 0.05) is 36.1 Å². The zero-order chi connectivity index (χ0) is 22.2. The maximum Gasteiger partial charge on any atom is 0.247 e. The summed E-state index contributed by atoms with van der Waals surface area (Å²) in [5.41, 5.74) is 4.21. The standard InChI is InChI=1S/C28H25ClN2O/c29-27-16-8-7-14-25(27)21-30-19-9-15-26(30)22-31(20-24-12-5-2-6-13-24)28(32)18-17-23-10-3-1-4-11-23/h1-19H,20-22H2. The first kappa shape index (κ1) is 21.7. The fourth-order valence-corrected chi connectivity index (χ4v) is 3.80. The summed E-state index contributed by atoms with van der Waals surface area (Å²) >= 11 is 6.37. The number of rotatable bonds is 8. The average molecular weight is 441 g/mol. The second-order valence-corrected chi connectivity index (χ2v) is 8.05. The highest BCUT2D eigenvalue weighted by atomic mass is 35.5. The number of aromatic nitrogens is 1. The maximum absolute atomic E-state index is 13.2. The van der Waals surface area contributed by atoms with Crippen LogP contribution in [0.1, 0.15) is 22.4 Å². The molecule has 0 fully saturated rings. The Balaban J connectivity index is 1.56. The summed E-state index contributed by atoms with van der Waals surface area (Å²) < 4.78 is 2.15. The molecular formula is C28H25ClN2O. The lowest BCUT2D eigenvalue weighted by Gasteiger charge is -2.23. The number of carbonyl (C=O) groups excluding carboxylic acids is 1. The van der Waals surface area contributed by atoms with E-state index in [-0.39, 0.29) is 5.91 Å². The zero-order valence-electron chi connectivity index (χ0n) is 17.8. The Morgan fingerprint density at radius 2 is 1.50 bits per heavy atom. The lowest BCUT2D eigenvalue weighted by atomic mass is 10.2. The smallest absolute Gasteiger partial charge is 0.247 e. The van der Waals surface area contributed by atoms with Crippen LogP contribution in [-0.2, 0) is 24.4 Å². The van der Waals surface area contributed by atoms with Gasteiger partial charge in [-0.3, -0.25) is 4.79 Å². The first-order valence-corrected chi connectivity index (χ1v) is 11.0. The number of halogens is 1. The predicted molar refractivity (Wildman–Crippen MR) is 131 cm³/mol. The van der Waals surface area contributed by atoms with E-state index in [0.29, 0.717) is 19.6 Å². The molecule has 0 atom stereocenters. The SMILES string of the molecule is O=C(C=Cc1ccccc1)N(Cc1ccccc1)Cc1cccn1Cc1ccccc1Cl. The van der Waals surface area contributed by atoms with E-state index in [1.54, 1.807) is 6.08 Å². The highest BCUT2D eigenvalue weighted by Crippen LogP contribution is 2.19. The number of hydrogen-bond acceptors (Lipinski definition) is 1. The Kier molecular flexibility index (Phi) is 7.21. The van der Waals surface area contributed by atoms with E-state index >= 15 is 0 Å². The highest BCUT2D eigenvalue weighted by molar-refractivity contribution is 6.31. The maximum atomic E-state index is 13.2. The van der Waals surface area contributed by atoms with Gasteiger partial charge in [0.2, 0.25) is 5.91 Å². The molecular weight excluding hydrogens is 416 g/mol. The van der Waals surface area contributed by atoms with Crippen LogP contribution in [0.2, 0.25) is 5.02 Å². The van der Waals surface area contributed by atoms with Gasteiger partial charge in [0.1, 0.15) is 0 Å². The van der Waals surface area contributed by atoms with Gasteiger partial charge >= 0.3 is 0 Å². The van der Waals surface area contributed by atoms with Gasteiger partial charge in [-0.15, -0.1) is 0 Å². The van der Waals surface area contributed by atoms with Crippen molar-refractivity contribution in [2.75, 3.05) is 0 Å². The molecule has 0 aliphatic heterocycles. The van der Waals surface area contributed by atoms with Crippen LogP contribution < -0.4 is 0 Å². The number of amides is 1. The molecule has 0 saturated heterocycles. The van der Waals surface area contributed by atoms with Gasteiger partial charge in [-0.2, -0.15) is 0 Å². The second kappa shape index (κ2) is 10.7. The van der Waals surface area contributed by atoms with Gasteiger partial charge in [-0.25, -0.2) is 0 Å². The molecule has 160 valence electrons. The summed E-state index contributed by atoms with van der Waals surface area (Å²) in [6.07, 6.45) is 5.55. The molecule has 3 aromatic carbocycles. The van der Waals surface area contributed by atoms with E-state index in [4.69, 9.17) is 11.6 Å². The fourth-order valence-electron chi connectivity index (χ4n) is 3.61. The van der Waals surface area contributed by atoms with E-state index in [0.717, 1.165) is 27.4 Å². The fraction of sp³-hybridized carbons (Fsp3) is 0.107. The minimum absolute atomic E-state index is 0.0248. The number of carbonyl (C=O) groups is 1. The van der Waals surface area contributed by atoms with Crippen LogP contribution in [0.25, 0.3) is 6.08 Å². The molecule has 0 unspecified atom stereocenters. The van der Waals surface area contributed by atoms with Crippen LogP contribution in [0.15, 0.2) is 109 Å². The molecule has 4 rings (SSSR count). The summed E-state index contributed by atoms with van der Waals surface area (Å²) in [6.45, 7) is 1.70. The molecule has 1 aromatic heterocycles. The van der Waals surface area contributed by atoms with Gasteiger partial charge in [0.05, 0.1) is 6.54 Å².